The second-order valence-electron chi connectivity index (χ2n) is 5.75. The van der Waals surface area contributed by atoms with Gasteiger partial charge in [0.2, 0.25) is 23.6 Å². The molecule has 158 valence electrons. The highest BCUT2D eigenvalue weighted by Crippen LogP contribution is 1.97. The Bertz CT molecular complexity index is 643. The highest BCUT2D eigenvalue weighted by Gasteiger charge is 2.29. The third-order valence-corrected chi connectivity index (χ3v) is 3.68. The molecular weight excluding hydrogens is 398 g/mol. The fourth-order valence-electron chi connectivity index (χ4n) is 1.83. The molecule has 0 aromatic heterocycles. The number of rotatable bonds is 12. The number of hydrogen-bond acceptors (Lipinski definition) is 8. The molecule has 13 nitrogen and oxygen atoms in total. The molecule has 0 spiro atoms. The molecule has 4 amide bonds. The van der Waals surface area contributed by atoms with E-state index < -0.39 is 72.6 Å². The van der Waals surface area contributed by atoms with Crippen molar-refractivity contribution in [1.29, 1.82) is 0 Å². The number of nitrogens with one attached hydrogen (secondary N) is 3. The van der Waals surface area contributed by atoms with Crippen molar-refractivity contribution >= 4 is 48.2 Å². The Morgan fingerprint density at radius 3 is 1.86 bits per heavy atom. The average Bonchev–Trinajstić information content (AvgIpc) is 2.57. The van der Waals surface area contributed by atoms with Crippen molar-refractivity contribution < 1.29 is 39.0 Å². The second-order valence-corrected chi connectivity index (χ2v) is 6.11. The summed E-state index contributed by atoms with van der Waals surface area (Å²) in [5, 5.41) is 24.0. The molecule has 0 saturated heterocycles. The van der Waals surface area contributed by atoms with Crippen LogP contribution in [-0.2, 0) is 28.8 Å². The summed E-state index contributed by atoms with van der Waals surface area (Å²) in [6, 6.07) is -5.42. The Labute approximate surface area is 165 Å². The zero-order chi connectivity index (χ0) is 22.0. The number of primary amides is 1. The van der Waals surface area contributed by atoms with Crippen molar-refractivity contribution in [3.05, 3.63) is 0 Å². The predicted octanol–water partition coefficient (Wildman–Crippen LogP) is -3.85. The lowest BCUT2D eigenvalue weighted by Crippen LogP contribution is -2.57. The molecule has 4 atom stereocenters. The molecule has 0 rings (SSSR count). The number of amides is 4. The quantitative estimate of drug-likeness (QED) is 0.144. The van der Waals surface area contributed by atoms with Crippen LogP contribution in [0.25, 0.3) is 0 Å². The zero-order valence-electron chi connectivity index (χ0n) is 14.9. The molecule has 0 aliphatic rings. The minimum Gasteiger partial charge on any atom is -0.481 e. The summed E-state index contributed by atoms with van der Waals surface area (Å²) < 4.78 is 0. The number of aliphatic carboxylic acids is 2. The van der Waals surface area contributed by atoms with Crippen molar-refractivity contribution in [1.82, 2.24) is 16.0 Å². The van der Waals surface area contributed by atoms with Crippen LogP contribution in [-0.4, -0.2) is 75.7 Å². The number of thiol groups is 1. The summed E-state index contributed by atoms with van der Waals surface area (Å²) in [7, 11) is 0. The molecule has 0 aliphatic carbocycles. The molecule has 0 aliphatic heterocycles. The molecule has 28 heavy (non-hydrogen) atoms. The van der Waals surface area contributed by atoms with E-state index in [1.807, 2.05) is 5.32 Å². The number of hydrogen-bond donors (Lipinski definition) is 8. The lowest BCUT2D eigenvalue weighted by Gasteiger charge is -2.22. The maximum atomic E-state index is 12.1. The standard InChI is InChI=1S/C14H23N5O8S/c1-5(17-12(24)6(15)2-10(21)22)11(23)19-8(4-28)13(25)18-7(14(26)27)3-9(16)20/h5-8,28H,2-4,15H2,1H3,(H2,16,20)(H,17,24)(H,18,25)(H,19,23)(H,21,22)(H,26,27). The van der Waals surface area contributed by atoms with E-state index in [9.17, 15) is 28.8 Å². The first-order chi connectivity index (χ1) is 12.9. The van der Waals surface area contributed by atoms with Gasteiger partial charge in [0.1, 0.15) is 18.1 Å². The minimum absolute atomic E-state index is 0.223. The van der Waals surface area contributed by atoms with Crippen LogP contribution in [0.5, 0.6) is 0 Å². The molecular formula is C14H23N5O8S. The van der Waals surface area contributed by atoms with Crippen LogP contribution in [0.4, 0.5) is 0 Å². The van der Waals surface area contributed by atoms with E-state index >= 15 is 0 Å². The fourth-order valence-corrected chi connectivity index (χ4v) is 2.09. The minimum atomic E-state index is -1.59. The Balaban J connectivity index is 4.85. The van der Waals surface area contributed by atoms with Gasteiger partial charge in [0.05, 0.1) is 18.9 Å². The van der Waals surface area contributed by atoms with Crippen LogP contribution in [0.2, 0.25) is 0 Å². The van der Waals surface area contributed by atoms with Gasteiger partial charge in [-0.2, -0.15) is 12.6 Å². The van der Waals surface area contributed by atoms with Gasteiger partial charge in [0.15, 0.2) is 0 Å². The summed E-state index contributed by atoms with van der Waals surface area (Å²) in [6.07, 6.45) is -1.29. The molecule has 4 unspecified atom stereocenters. The van der Waals surface area contributed by atoms with E-state index in [0.29, 0.717) is 0 Å². The smallest absolute Gasteiger partial charge is 0.326 e. The molecule has 9 N–H and O–H groups in total. The predicted molar refractivity (Wildman–Crippen MR) is 97.0 cm³/mol. The van der Waals surface area contributed by atoms with Gasteiger partial charge in [0, 0.05) is 5.75 Å². The van der Waals surface area contributed by atoms with Gasteiger partial charge < -0.3 is 37.6 Å². The van der Waals surface area contributed by atoms with Crippen molar-refractivity contribution in [2.75, 3.05) is 5.75 Å². The highest BCUT2D eigenvalue weighted by atomic mass is 32.1. The Hall–Kier alpha value is -2.87. The van der Waals surface area contributed by atoms with Crippen LogP contribution < -0.4 is 27.4 Å². The number of carbonyl (C=O) groups excluding carboxylic acids is 4. The van der Waals surface area contributed by atoms with Crippen molar-refractivity contribution in [2.24, 2.45) is 11.5 Å². The third-order valence-electron chi connectivity index (χ3n) is 3.32. The van der Waals surface area contributed by atoms with Gasteiger partial charge in [-0.3, -0.25) is 24.0 Å². The first-order valence-corrected chi connectivity index (χ1v) is 8.52. The van der Waals surface area contributed by atoms with E-state index in [2.05, 4.69) is 23.3 Å². The van der Waals surface area contributed by atoms with Gasteiger partial charge in [-0.05, 0) is 6.92 Å². The summed E-state index contributed by atoms with van der Waals surface area (Å²) in [6.45, 7) is 1.27. The maximum Gasteiger partial charge on any atom is 0.326 e. The van der Waals surface area contributed by atoms with Crippen LogP contribution in [0.1, 0.15) is 19.8 Å². The van der Waals surface area contributed by atoms with E-state index in [1.165, 1.54) is 6.92 Å². The van der Waals surface area contributed by atoms with Crippen molar-refractivity contribution in [3.63, 3.8) is 0 Å². The number of carboxylic acid groups (broad SMARTS) is 2. The highest BCUT2D eigenvalue weighted by molar-refractivity contribution is 7.80. The van der Waals surface area contributed by atoms with E-state index in [0.717, 1.165) is 0 Å². The molecule has 0 saturated carbocycles. The Kier molecular flexibility index (Phi) is 10.6. The first-order valence-electron chi connectivity index (χ1n) is 7.89. The van der Waals surface area contributed by atoms with Gasteiger partial charge >= 0.3 is 11.9 Å². The summed E-state index contributed by atoms with van der Waals surface area (Å²) in [5.74, 6) is -6.61. The van der Waals surface area contributed by atoms with Gasteiger partial charge in [-0.25, -0.2) is 4.79 Å². The molecule has 0 bridgehead atoms. The first kappa shape index (κ1) is 25.1. The van der Waals surface area contributed by atoms with Crippen LogP contribution in [0.15, 0.2) is 0 Å². The van der Waals surface area contributed by atoms with Crippen molar-refractivity contribution in [3.8, 4) is 0 Å². The maximum absolute atomic E-state index is 12.1. The normalized spacial score (nSPS) is 14.7. The van der Waals surface area contributed by atoms with Gasteiger partial charge in [-0.15, -0.1) is 0 Å². The van der Waals surface area contributed by atoms with E-state index in [1.54, 1.807) is 0 Å². The van der Waals surface area contributed by atoms with E-state index in [-0.39, 0.29) is 5.75 Å². The molecule has 0 radical (unpaired) electrons. The average molecular weight is 421 g/mol. The van der Waals surface area contributed by atoms with Crippen LogP contribution >= 0.6 is 12.6 Å². The van der Waals surface area contributed by atoms with Crippen LogP contribution in [0.3, 0.4) is 0 Å². The van der Waals surface area contributed by atoms with Crippen LogP contribution in [0, 0.1) is 0 Å². The molecule has 0 heterocycles. The molecule has 0 aromatic carbocycles. The molecule has 0 aromatic rings. The Morgan fingerprint density at radius 2 is 1.43 bits per heavy atom. The summed E-state index contributed by atoms with van der Waals surface area (Å²) >= 11 is 3.89. The zero-order valence-corrected chi connectivity index (χ0v) is 15.8. The van der Waals surface area contributed by atoms with Gasteiger partial charge in [-0.1, -0.05) is 0 Å². The lowest BCUT2D eigenvalue weighted by molar-refractivity contribution is -0.143. The third kappa shape index (κ3) is 9.18. The number of carboxylic acids is 2. The monoisotopic (exact) mass is 421 g/mol. The lowest BCUT2D eigenvalue weighted by atomic mass is 10.1. The SMILES string of the molecule is CC(NC(=O)C(N)CC(=O)O)C(=O)NC(CS)C(=O)NC(CC(N)=O)C(=O)O. The topological polar surface area (TPSA) is 231 Å². The number of nitrogens with two attached hydrogens (primary N) is 2. The largest absolute Gasteiger partial charge is 0.481 e. The Morgan fingerprint density at radius 1 is 0.893 bits per heavy atom. The fraction of sp³-hybridized carbons (Fsp3) is 0.571. The second kappa shape index (κ2) is 11.8. The molecule has 0 fully saturated rings. The molecule has 14 heteroatoms. The van der Waals surface area contributed by atoms with Gasteiger partial charge in [0.25, 0.3) is 0 Å². The summed E-state index contributed by atoms with van der Waals surface area (Å²) in [5.41, 5.74) is 10.3. The number of carbonyl (C=O) groups is 6. The van der Waals surface area contributed by atoms with E-state index in [4.69, 9.17) is 21.7 Å². The van der Waals surface area contributed by atoms with Crippen molar-refractivity contribution in [2.45, 2.75) is 43.9 Å². The summed E-state index contributed by atoms with van der Waals surface area (Å²) in [4.78, 5) is 68.4.